The molecule has 0 saturated carbocycles. The molecule has 1 aromatic heterocycles. The van der Waals surface area contributed by atoms with Crippen LogP contribution >= 0.6 is 11.3 Å². The summed E-state index contributed by atoms with van der Waals surface area (Å²) in [6, 6.07) is 0.371. The molecule has 0 aliphatic heterocycles. The van der Waals surface area contributed by atoms with Gasteiger partial charge in [-0.3, -0.25) is 0 Å². The van der Waals surface area contributed by atoms with E-state index in [-0.39, 0.29) is 0 Å². The Bertz CT molecular complexity index is 307. The third-order valence-corrected chi connectivity index (χ3v) is 4.39. The lowest BCUT2D eigenvalue weighted by atomic mass is 10.3. The van der Waals surface area contributed by atoms with Gasteiger partial charge < -0.3 is 10.2 Å². The summed E-state index contributed by atoms with van der Waals surface area (Å²) in [7, 11) is 0. The fourth-order valence-corrected chi connectivity index (χ4v) is 2.64. The van der Waals surface area contributed by atoms with Crippen molar-refractivity contribution in [3.8, 4) is 0 Å². The minimum atomic E-state index is 0.371. The number of nitrogens with zero attached hydrogens (tertiary/aromatic N) is 2. The van der Waals surface area contributed by atoms with Gasteiger partial charge in [-0.15, -0.1) is 11.3 Å². The minimum Gasteiger partial charge on any atom is -0.307 e. The van der Waals surface area contributed by atoms with E-state index >= 15 is 0 Å². The summed E-state index contributed by atoms with van der Waals surface area (Å²) in [5, 5.41) is 4.75. The molecule has 1 atom stereocenters. The highest BCUT2D eigenvalue weighted by Crippen LogP contribution is 2.19. The predicted octanol–water partition coefficient (Wildman–Crippen LogP) is 2.70. The van der Waals surface area contributed by atoms with Crippen molar-refractivity contribution >= 4 is 11.3 Å². The maximum Gasteiger partial charge on any atom is 0.109 e. The van der Waals surface area contributed by atoms with E-state index in [0.717, 1.165) is 32.6 Å². The van der Waals surface area contributed by atoms with Crippen molar-refractivity contribution in [2.24, 2.45) is 0 Å². The largest absolute Gasteiger partial charge is 0.307 e. The minimum absolute atomic E-state index is 0.371. The number of nitrogens with one attached hydrogen (secondary N) is 1. The molecule has 1 N–H and O–H groups in total. The highest BCUT2D eigenvalue weighted by Gasteiger charge is 2.09. The van der Waals surface area contributed by atoms with Gasteiger partial charge >= 0.3 is 0 Å². The molecule has 0 amide bonds. The van der Waals surface area contributed by atoms with E-state index in [1.54, 1.807) is 0 Å². The second-order valence-electron chi connectivity index (χ2n) is 4.22. The van der Waals surface area contributed by atoms with Gasteiger partial charge in [-0.2, -0.15) is 0 Å². The second-order valence-corrected chi connectivity index (χ2v) is 5.37. The van der Waals surface area contributed by atoms with Crippen LogP contribution in [-0.2, 0) is 6.42 Å². The SMILES string of the molecule is CCc1cnc(C(C)NCCN(CC)CC)s1. The molecule has 1 aromatic rings. The van der Waals surface area contributed by atoms with Crippen molar-refractivity contribution < 1.29 is 0 Å². The van der Waals surface area contributed by atoms with Crippen LogP contribution in [0.25, 0.3) is 0 Å². The van der Waals surface area contributed by atoms with Crippen molar-refractivity contribution in [1.82, 2.24) is 15.2 Å². The van der Waals surface area contributed by atoms with Gasteiger partial charge in [0, 0.05) is 24.2 Å². The first-order valence-electron chi connectivity index (χ1n) is 6.61. The van der Waals surface area contributed by atoms with Gasteiger partial charge in [0.15, 0.2) is 0 Å². The Hall–Kier alpha value is -0.450. The standard InChI is InChI=1S/C13H25N3S/c1-5-12-10-15-13(17-12)11(4)14-8-9-16(6-2)7-3/h10-11,14H,5-9H2,1-4H3. The molecule has 0 fully saturated rings. The summed E-state index contributed by atoms with van der Waals surface area (Å²) in [5.74, 6) is 0. The van der Waals surface area contributed by atoms with Crippen LogP contribution in [-0.4, -0.2) is 36.1 Å². The summed E-state index contributed by atoms with van der Waals surface area (Å²) in [6.07, 6.45) is 3.09. The molecule has 0 aromatic carbocycles. The van der Waals surface area contributed by atoms with Gasteiger partial charge in [0.25, 0.3) is 0 Å². The second kappa shape index (κ2) is 7.80. The number of aryl methyl sites for hydroxylation is 1. The lowest BCUT2D eigenvalue weighted by molar-refractivity contribution is 0.298. The molecule has 3 nitrogen and oxygen atoms in total. The summed E-state index contributed by atoms with van der Waals surface area (Å²) in [4.78, 5) is 8.27. The third kappa shape index (κ3) is 4.74. The van der Waals surface area contributed by atoms with Crippen molar-refractivity contribution in [2.75, 3.05) is 26.2 Å². The normalized spacial score (nSPS) is 13.2. The number of likely N-dealkylation sites (N-methyl/N-ethyl adjacent to an activating group) is 1. The van der Waals surface area contributed by atoms with Crippen LogP contribution in [0.15, 0.2) is 6.20 Å². The Labute approximate surface area is 109 Å². The average Bonchev–Trinajstić information content (AvgIpc) is 2.83. The van der Waals surface area contributed by atoms with Crippen LogP contribution in [0.1, 0.15) is 43.6 Å². The van der Waals surface area contributed by atoms with E-state index in [9.17, 15) is 0 Å². The van der Waals surface area contributed by atoms with Gasteiger partial charge in [0.05, 0.1) is 6.04 Å². The summed E-state index contributed by atoms with van der Waals surface area (Å²) >= 11 is 1.82. The third-order valence-electron chi connectivity index (χ3n) is 3.06. The molecule has 0 bridgehead atoms. The first kappa shape index (κ1) is 14.6. The Morgan fingerprint density at radius 3 is 2.59 bits per heavy atom. The molecule has 0 aliphatic carbocycles. The molecule has 1 unspecified atom stereocenters. The number of thiazole rings is 1. The van der Waals surface area contributed by atoms with Crippen molar-refractivity contribution in [3.05, 3.63) is 16.1 Å². The fourth-order valence-electron chi connectivity index (χ4n) is 1.75. The van der Waals surface area contributed by atoms with Gasteiger partial charge in [-0.05, 0) is 26.4 Å². The van der Waals surface area contributed by atoms with E-state index in [4.69, 9.17) is 0 Å². The number of rotatable bonds is 8. The maximum atomic E-state index is 4.47. The molecule has 0 radical (unpaired) electrons. The lowest BCUT2D eigenvalue weighted by Crippen LogP contribution is -2.32. The molecule has 1 rings (SSSR count). The Balaban J connectivity index is 2.31. The van der Waals surface area contributed by atoms with E-state index in [1.165, 1.54) is 9.88 Å². The molecule has 17 heavy (non-hydrogen) atoms. The Morgan fingerprint density at radius 2 is 2.06 bits per heavy atom. The van der Waals surface area contributed by atoms with E-state index < -0.39 is 0 Å². The Kier molecular flexibility index (Phi) is 6.70. The molecule has 0 aliphatic rings. The first-order valence-corrected chi connectivity index (χ1v) is 7.43. The predicted molar refractivity (Wildman–Crippen MR) is 75.7 cm³/mol. The maximum absolute atomic E-state index is 4.47. The van der Waals surface area contributed by atoms with E-state index in [2.05, 4.69) is 42.9 Å². The zero-order valence-electron chi connectivity index (χ0n) is 11.5. The van der Waals surface area contributed by atoms with E-state index in [0.29, 0.717) is 6.04 Å². The zero-order valence-corrected chi connectivity index (χ0v) is 12.3. The summed E-state index contributed by atoms with van der Waals surface area (Å²) in [6.45, 7) is 13.2. The van der Waals surface area contributed by atoms with Crippen LogP contribution in [0.3, 0.4) is 0 Å². The van der Waals surface area contributed by atoms with Gasteiger partial charge in [-0.25, -0.2) is 4.98 Å². The van der Waals surface area contributed by atoms with Gasteiger partial charge in [0.2, 0.25) is 0 Å². The highest BCUT2D eigenvalue weighted by molar-refractivity contribution is 7.11. The topological polar surface area (TPSA) is 28.2 Å². The molecule has 0 spiro atoms. The van der Waals surface area contributed by atoms with Crippen LogP contribution in [0.5, 0.6) is 0 Å². The van der Waals surface area contributed by atoms with Crippen molar-refractivity contribution in [1.29, 1.82) is 0 Å². The molecule has 1 heterocycles. The average molecular weight is 255 g/mol. The summed E-state index contributed by atoms with van der Waals surface area (Å²) < 4.78 is 0. The molecule has 98 valence electrons. The summed E-state index contributed by atoms with van der Waals surface area (Å²) in [5.41, 5.74) is 0. The number of hydrogen-bond donors (Lipinski definition) is 1. The van der Waals surface area contributed by atoms with Gasteiger partial charge in [0.1, 0.15) is 5.01 Å². The number of hydrogen-bond acceptors (Lipinski definition) is 4. The molecule has 0 saturated heterocycles. The first-order chi connectivity index (χ1) is 8.21. The van der Waals surface area contributed by atoms with Crippen molar-refractivity contribution in [3.63, 3.8) is 0 Å². The highest BCUT2D eigenvalue weighted by atomic mass is 32.1. The fraction of sp³-hybridized carbons (Fsp3) is 0.769. The smallest absolute Gasteiger partial charge is 0.109 e. The zero-order chi connectivity index (χ0) is 12.7. The molecular weight excluding hydrogens is 230 g/mol. The molecular formula is C13H25N3S. The number of aromatic nitrogens is 1. The van der Waals surface area contributed by atoms with Crippen LogP contribution < -0.4 is 5.32 Å². The molecule has 4 heteroatoms. The lowest BCUT2D eigenvalue weighted by Gasteiger charge is -2.19. The monoisotopic (exact) mass is 255 g/mol. The van der Waals surface area contributed by atoms with E-state index in [1.807, 2.05) is 17.5 Å². The van der Waals surface area contributed by atoms with Crippen LogP contribution in [0, 0.1) is 0 Å². The van der Waals surface area contributed by atoms with Crippen LogP contribution in [0.2, 0.25) is 0 Å². The Morgan fingerprint density at radius 1 is 1.35 bits per heavy atom. The quantitative estimate of drug-likeness (QED) is 0.774. The van der Waals surface area contributed by atoms with Crippen molar-refractivity contribution in [2.45, 2.75) is 40.2 Å². The van der Waals surface area contributed by atoms with Gasteiger partial charge in [-0.1, -0.05) is 20.8 Å². The van der Waals surface area contributed by atoms with Crippen LogP contribution in [0.4, 0.5) is 0 Å².